The molecule has 3 rings (SSSR count). The van der Waals surface area contributed by atoms with Crippen molar-refractivity contribution in [2.75, 3.05) is 12.0 Å². The number of rotatable bonds is 4. The number of hydrogen-bond donors (Lipinski definition) is 6. The zero-order chi connectivity index (χ0) is 18.7. The summed E-state index contributed by atoms with van der Waals surface area (Å²) in [5.41, 5.74) is 10.2. The summed E-state index contributed by atoms with van der Waals surface area (Å²) < 4.78 is 5.45. The van der Waals surface area contributed by atoms with Gasteiger partial charge >= 0.3 is 0 Å². The third kappa shape index (κ3) is 3.86. The lowest BCUT2D eigenvalue weighted by atomic mass is 9.95. The summed E-state index contributed by atoms with van der Waals surface area (Å²) in [4.78, 5) is 0. The van der Waals surface area contributed by atoms with Crippen molar-refractivity contribution in [3.05, 3.63) is 28.8 Å². The molecule has 142 valence electrons. The fraction of sp³-hybridized carbons (Fsp3) is 0.579. The zero-order valence-electron chi connectivity index (χ0n) is 14.8. The van der Waals surface area contributed by atoms with Crippen LogP contribution in [-0.2, 0) is 17.7 Å². The van der Waals surface area contributed by atoms with Crippen LogP contribution in [0.5, 0.6) is 0 Å². The van der Waals surface area contributed by atoms with Crippen LogP contribution in [0.4, 0.5) is 5.69 Å². The van der Waals surface area contributed by atoms with Crippen molar-refractivity contribution in [1.29, 1.82) is 0 Å². The van der Waals surface area contributed by atoms with Crippen molar-refractivity contribution in [1.82, 2.24) is 5.43 Å². The van der Waals surface area contributed by atoms with Gasteiger partial charge in [-0.3, -0.25) is 0 Å². The molecule has 0 aliphatic carbocycles. The van der Waals surface area contributed by atoms with E-state index in [1.54, 1.807) is 0 Å². The van der Waals surface area contributed by atoms with E-state index >= 15 is 0 Å². The quantitative estimate of drug-likeness (QED) is 0.406. The zero-order valence-corrected chi connectivity index (χ0v) is 14.8. The maximum absolute atomic E-state index is 10.1. The summed E-state index contributed by atoms with van der Waals surface area (Å²) in [6.07, 6.45) is -2.90. The summed E-state index contributed by atoms with van der Waals surface area (Å²) in [5.74, 6) is 5.87. The predicted octanol–water partition coefficient (Wildman–Crippen LogP) is -0.347. The minimum Gasteiger partial charge on any atom is -0.394 e. The van der Waals surface area contributed by atoms with Crippen molar-refractivity contribution in [2.24, 2.45) is 0 Å². The molecule has 1 aromatic carbocycles. The second-order valence-corrected chi connectivity index (χ2v) is 6.78. The highest BCUT2D eigenvalue weighted by atomic mass is 16.5. The van der Waals surface area contributed by atoms with Gasteiger partial charge in [0.2, 0.25) is 0 Å². The summed E-state index contributed by atoms with van der Waals surface area (Å²) >= 11 is 0. The number of anilines is 1. The SMILES string of the molecule is CCCCc1cc(C#CC2OC(CO)[C@@H](O)C(O)C2O)c2c(c1)CNN2. The van der Waals surface area contributed by atoms with Gasteiger partial charge in [-0.05, 0) is 30.0 Å². The molecule has 4 unspecified atom stereocenters. The van der Waals surface area contributed by atoms with Crippen molar-refractivity contribution in [3.8, 4) is 11.8 Å². The maximum Gasteiger partial charge on any atom is 0.147 e. The van der Waals surface area contributed by atoms with E-state index in [-0.39, 0.29) is 0 Å². The second-order valence-electron chi connectivity index (χ2n) is 6.78. The summed E-state index contributed by atoms with van der Waals surface area (Å²) in [6.45, 7) is 2.40. The lowest BCUT2D eigenvalue weighted by Crippen LogP contribution is -2.58. The number of benzene rings is 1. The van der Waals surface area contributed by atoms with Crippen LogP contribution < -0.4 is 10.9 Å². The Bertz CT molecular complexity index is 697. The molecule has 2 aliphatic rings. The molecule has 5 atom stereocenters. The molecular weight excluding hydrogens is 336 g/mol. The topological polar surface area (TPSA) is 114 Å². The Morgan fingerprint density at radius 3 is 2.73 bits per heavy atom. The van der Waals surface area contributed by atoms with Gasteiger partial charge < -0.3 is 30.6 Å². The molecule has 1 aromatic rings. The van der Waals surface area contributed by atoms with Gasteiger partial charge in [-0.2, -0.15) is 0 Å². The van der Waals surface area contributed by atoms with E-state index in [0.29, 0.717) is 6.54 Å². The Kier molecular flexibility index (Phi) is 6.14. The Hall–Kier alpha value is -1.66. The number of hydrazine groups is 1. The average molecular weight is 362 g/mol. The first kappa shape index (κ1) is 19.1. The minimum absolute atomic E-state index is 0.462. The minimum atomic E-state index is -1.42. The van der Waals surface area contributed by atoms with E-state index in [2.05, 4.69) is 35.7 Å². The molecular formula is C19H26N2O5. The van der Waals surface area contributed by atoms with E-state index in [9.17, 15) is 20.4 Å². The van der Waals surface area contributed by atoms with Crippen molar-refractivity contribution < 1.29 is 25.2 Å². The van der Waals surface area contributed by atoms with E-state index in [1.165, 1.54) is 5.56 Å². The lowest BCUT2D eigenvalue weighted by Gasteiger charge is -2.37. The van der Waals surface area contributed by atoms with Crippen LogP contribution in [-0.4, -0.2) is 57.6 Å². The van der Waals surface area contributed by atoms with Crippen molar-refractivity contribution >= 4 is 5.69 Å². The van der Waals surface area contributed by atoms with Gasteiger partial charge in [-0.1, -0.05) is 31.3 Å². The van der Waals surface area contributed by atoms with Crippen molar-refractivity contribution in [3.63, 3.8) is 0 Å². The highest BCUT2D eigenvalue weighted by molar-refractivity contribution is 5.66. The van der Waals surface area contributed by atoms with Gasteiger partial charge in [0.1, 0.15) is 30.5 Å². The van der Waals surface area contributed by atoms with Crippen LogP contribution in [0.2, 0.25) is 0 Å². The fourth-order valence-electron chi connectivity index (χ4n) is 3.28. The first-order chi connectivity index (χ1) is 12.5. The number of fused-ring (bicyclic) bond motifs is 1. The number of unbranched alkanes of at least 4 members (excludes halogenated alkanes) is 1. The van der Waals surface area contributed by atoms with Crippen molar-refractivity contribution in [2.45, 2.75) is 63.3 Å². The van der Waals surface area contributed by atoms with E-state index in [1.807, 2.05) is 6.07 Å². The maximum atomic E-state index is 10.1. The molecule has 7 nitrogen and oxygen atoms in total. The lowest BCUT2D eigenvalue weighted by molar-refractivity contribution is -0.214. The first-order valence-electron chi connectivity index (χ1n) is 9.01. The number of aliphatic hydroxyl groups excluding tert-OH is 4. The number of nitrogens with one attached hydrogen (secondary N) is 2. The highest BCUT2D eigenvalue weighted by Crippen LogP contribution is 2.27. The van der Waals surface area contributed by atoms with Crippen LogP contribution in [0.3, 0.4) is 0 Å². The molecule has 2 heterocycles. The average Bonchev–Trinajstić information content (AvgIpc) is 3.12. The second kappa shape index (κ2) is 8.35. The summed E-state index contributed by atoms with van der Waals surface area (Å²) in [7, 11) is 0. The predicted molar refractivity (Wildman–Crippen MR) is 96.2 cm³/mol. The normalized spacial score (nSPS) is 30.3. The van der Waals surface area contributed by atoms with Crippen LogP contribution in [0, 0.1) is 11.8 Å². The number of ether oxygens (including phenoxy) is 1. The Morgan fingerprint density at radius 2 is 2.00 bits per heavy atom. The molecule has 0 spiro atoms. The first-order valence-corrected chi connectivity index (χ1v) is 9.01. The molecule has 0 saturated carbocycles. The summed E-state index contributed by atoms with van der Waals surface area (Å²) in [5, 5.41) is 39.1. The standard InChI is InChI=1S/C19H26N2O5/c1-2-3-4-11-7-12(16-13(8-11)9-20-21-16)5-6-14-17(23)19(25)18(24)15(10-22)26-14/h7-8,14-15,17-25H,2-4,9-10H2,1H3/t14?,15?,17?,18-,19?/m1/s1. The van der Waals surface area contributed by atoms with Gasteiger partial charge in [-0.25, -0.2) is 5.43 Å². The molecule has 1 saturated heterocycles. The van der Waals surface area contributed by atoms with Gasteiger partial charge in [-0.15, -0.1) is 0 Å². The van der Waals surface area contributed by atoms with Gasteiger partial charge in [0, 0.05) is 12.1 Å². The number of hydrogen-bond acceptors (Lipinski definition) is 7. The Labute approximate surface area is 153 Å². The van der Waals surface area contributed by atoms with E-state index in [0.717, 1.165) is 36.1 Å². The third-order valence-electron chi connectivity index (χ3n) is 4.83. The van der Waals surface area contributed by atoms with Crippen LogP contribution in [0.1, 0.15) is 36.5 Å². The third-order valence-corrected chi connectivity index (χ3v) is 4.83. The molecule has 1 fully saturated rings. The van der Waals surface area contributed by atoms with Crippen LogP contribution in [0.15, 0.2) is 12.1 Å². The Balaban J connectivity index is 1.86. The molecule has 0 amide bonds. The molecule has 0 bridgehead atoms. The Morgan fingerprint density at radius 1 is 1.19 bits per heavy atom. The van der Waals surface area contributed by atoms with E-state index in [4.69, 9.17) is 4.74 Å². The van der Waals surface area contributed by atoms with Gasteiger partial charge in [0.15, 0.2) is 0 Å². The highest BCUT2D eigenvalue weighted by Gasteiger charge is 2.42. The van der Waals surface area contributed by atoms with Gasteiger partial charge in [0.05, 0.1) is 12.3 Å². The molecule has 6 N–H and O–H groups in total. The molecule has 7 heteroatoms. The number of aryl methyl sites for hydroxylation is 1. The van der Waals surface area contributed by atoms with E-state index < -0.39 is 37.1 Å². The van der Waals surface area contributed by atoms with Crippen LogP contribution in [0.25, 0.3) is 0 Å². The largest absolute Gasteiger partial charge is 0.394 e. The smallest absolute Gasteiger partial charge is 0.147 e. The van der Waals surface area contributed by atoms with Gasteiger partial charge in [0.25, 0.3) is 0 Å². The molecule has 2 aliphatic heterocycles. The molecule has 26 heavy (non-hydrogen) atoms. The fourth-order valence-corrected chi connectivity index (χ4v) is 3.28. The molecule has 0 aromatic heterocycles. The molecule has 0 radical (unpaired) electrons. The monoisotopic (exact) mass is 362 g/mol. The number of aliphatic hydroxyl groups is 4. The van der Waals surface area contributed by atoms with Crippen LogP contribution >= 0.6 is 0 Å². The summed E-state index contributed by atoms with van der Waals surface area (Å²) in [6, 6.07) is 4.18.